The molecule has 2 aromatic rings. The van der Waals surface area contributed by atoms with Gasteiger partial charge >= 0.3 is 0 Å². The van der Waals surface area contributed by atoms with Crippen molar-refractivity contribution in [3.05, 3.63) is 53.5 Å². The molecule has 0 fully saturated rings. The molecule has 0 spiro atoms. The van der Waals surface area contributed by atoms with Gasteiger partial charge in [0, 0.05) is 12.4 Å². The molecule has 0 aromatic carbocycles. The van der Waals surface area contributed by atoms with Crippen LogP contribution in [0.2, 0.25) is 0 Å². The number of aromatic nitrogens is 2. The van der Waals surface area contributed by atoms with Crippen molar-refractivity contribution in [2.24, 2.45) is 0 Å². The molecule has 0 atom stereocenters. The fourth-order valence-corrected chi connectivity index (χ4v) is 1.76. The molecule has 0 radical (unpaired) electrons. The molecule has 5 nitrogen and oxygen atoms in total. The van der Waals surface area contributed by atoms with Gasteiger partial charge < -0.3 is 11.1 Å². The van der Waals surface area contributed by atoms with Crippen LogP contribution in [-0.2, 0) is 13.0 Å². The molecule has 0 saturated carbocycles. The minimum Gasteiger partial charge on any atom is -0.384 e. The molecule has 2 heterocycles. The Balaban J connectivity index is 2.02. The highest BCUT2D eigenvalue weighted by atomic mass is 16.1. The van der Waals surface area contributed by atoms with Crippen molar-refractivity contribution >= 4 is 11.7 Å². The van der Waals surface area contributed by atoms with Gasteiger partial charge in [0.05, 0.1) is 17.8 Å². The first-order valence-corrected chi connectivity index (χ1v) is 6.13. The van der Waals surface area contributed by atoms with Crippen LogP contribution in [0, 0.1) is 0 Å². The first-order chi connectivity index (χ1) is 9.20. The lowest BCUT2D eigenvalue weighted by Crippen LogP contribution is -2.24. The number of hydrogen-bond donors (Lipinski definition) is 2. The van der Waals surface area contributed by atoms with E-state index in [1.54, 1.807) is 18.3 Å². The zero-order chi connectivity index (χ0) is 13.7. The highest BCUT2D eigenvalue weighted by Crippen LogP contribution is 2.06. The number of nitrogens with zero attached hydrogens (tertiary/aromatic N) is 2. The van der Waals surface area contributed by atoms with Crippen LogP contribution in [0.15, 0.2) is 36.7 Å². The third-order valence-corrected chi connectivity index (χ3v) is 2.83. The summed E-state index contributed by atoms with van der Waals surface area (Å²) < 4.78 is 0. The van der Waals surface area contributed by atoms with Gasteiger partial charge in [-0.05, 0) is 30.2 Å². The summed E-state index contributed by atoms with van der Waals surface area (Å²) in [4.78, 5) is 20.1. The van der Waals surface area contributed by atoms with Crippen molar-refractivity contribution in [1.82, 2.24) is 15.3 Å². The number of carbonyl (C=O) groups is 1. The van der Waals surface area contributed by atoms with Crippen LogP contribution in [-0.4, -0.2) is 15.9 Å². The highest BCUT2D eigenvalue weighted by molar-refractivity contribution is 5.93. The van der Waals surface area contributed by atoms with Crippen molar-refractivity contribution in [1.29, 1.82) is 0 Å². The highest BCUT2D eigenvalue weighted by Gasteiger charge is 2.07. The lowest BCUT2D eigenvalue weighted by atomic mass is 10.1. The molecule has 0 saturated heterocycles. The Labute approximate surface area is 111 Å². The molecule has 0 aliphatic heterocycles. The second kappa shape index (κ2) is 5.95. The van der Waals surface area contributed by atoms with Gasteiger partial charge in [-0.1, -0.05) is 13.0 Å². The Morgan fingerprint density at radius 2 is 2.16 bits per heavy atom. The molecule has 0 unspecified atom stereocenters. The summed E-state index contributed by atoms with van der Waals surface area (Å²) >= 11 is 0. The van der Waals surface area contributed by atoms with E-state index in [9.17, 15) is 4.79 Å². The summed E-state index contributed by atoms with van der Waals surface area (Å²) in [5.74, 6) is 0.217. The Morgan fingerprint density at radius 3 is 2.84 bits per heavy atom. The molecule has 0 bridgehead atoms. The standard InChI is InChI=1S/C14H16N4O/c1-2-10-4-3-7-16-12(10)9-18-14(19)11-5-6-13(15)17-8-11/h3-8H,2,9H2,1H3,(H2,15,17)(H,18,19). The van der Waals surface area contributed by atoms with Gasteiger partial charge in [0.2, 0.25) is 0 Å². The zero-order valence-electron chi connectivity index (χ0n) is 10.8. The van der Waals surface area contributed by atoms with E-state index < -0.39 is 0 Å². The second-order valence-electron chi connectivity index (χ2n) is 4.12. The number of pyridine rings is 2. The zero-order valence-corrected chi connectivity index (χ0v) is 10.8. The Hall–Kier alpha value is -2.43. The van der Waals surface area contributed by atoms with Crippen molar-refractivity contribution in [3.63, 3.8) is 0 Å². The van der Waals surface area contributed by atoms with Crippen molar-refractivity contribution in [2.75, 3.05) is 5.73 Å². The summed E-state index contributed by atoms with van der Waals surface area (Å²) in [7, 11) is 0. The molecule has 98 valence electrons. The van der Waals surface area contributed by atoms with Crippen molar-refractivity contribution in [2.45, 2.75) is 19.9 Å². The van der Waals surface area contributed by atoms with E-state index in [2.05, 4.69) is 22.2 Å². The molecule has 3 N–H and O–H groups in total. The van der Waals surface area contributed by atoms with E-state index in [0.29, 0.717) is 17.9 Å². The number of amides is 1. The SMILES string of the molecule is CCc1cccnc1CNC(=O)c1ccc(N)nc1. The molecule has 0 aliphatic carbocycles. The summed E-state index contributed by atoms with van der Waals surface area (Å²) in [5.41, 5.74) is 7.99. The monoisotopic (exact) mass is 256 g/mol. The topological polar surface area (TPSA) is 80.9 Å². The van der Waals surface area contributed by atoms with Gasteiger partial charge in [-0.2, -0.15) is 0 Å². The third kappa shape index (κ3) is 3.28. The van der Waals surface area contributed by atoms with Gasteiger partial charge in [-0.25, -0.2) is 4.98 Å². The summed E-state index contributed by atoms with van der Waals surface area (Å²) in [6.07, 6.45) is 4.08. The van der Waals surface area contributed by atoms with Gasteiger partial charge in [0.15, 0.2) is 0 Å². The third-order valence-electron chi connectivity index (χ3n) is 2.83. The fraction of sp³-hybridized carbons (Fsp3) is 0.214. The van der Waals surface area contributed by atoms with Crippen molar-refractivity contribution < 1.29 is 4.79 Å². The Morgan fingerprint density at radius 1 is 1.32 bits per heavy atom. The minimum absolute atomic E-state index is 0.180. The number of anilines is 1. The average Bonchev–Trinajstić information content (AvgIpc) is 2.45. The van der Waals surface area contributed by atoms with Gasteiger partial charge in [0.1, 0.15) is 5.82 Å². The second-order valence-corrected chi connectivity index (χ2v) is 4.12. The minimum atomic E-state index is -0.180. The van der Waals surface area contributed by atoms with Crippen molar-refractivity contribution in [3.8, 4) is 0 Å². The van der Waals surface area contributed by atoms with Gasteiger partial charge in [0.25, 0.3) is 5.91 Å². The van der Waals surface area contributed by atoms with E-state index in [0.717, 1.165) is 17.7 Å². The number of hydrogen-bond acceptors (Lipinski definition) is 4. The van der Waals surface area contributed by atoms with E-state index in [1.165, 1.54) is 6.20 Å². The molecular formula is C14H16N4O. The van der Waals surface area contributed by atoms with Crippen LogP contribution in [0.3, 0.4) is 0 Å². The number of carbonyl (C=O) groups excluding carboxylic acids is 1. The molecular weight excluding hydrogens is 240 g/mol. The smallest absolute Gasteiger partial charge is 0.253 e. The maximum absolute atomic E-state index is 11.9. The van der Waals surface area contributed by atoms with Crippen LogP contribution < -0.4 is 11.1 Å². The number of aryl methyl sites for hydroxylation is 1. The molecule has 1 amide bonds. The van der Waals surface area contributed by atoms with E-state index in [-0.39, 0.29) is 5.91 Å². The molecule has 2 aromatic heterocycles. The molecule has 0 aliphatic rings. The largest absolute Gasteiger partial charge is 0.384 e. The average molecular weight is 256 g/mol. The number of nitrogens with one attached hydrogen (secondary N) is 1. The van der Waals surface area contributed by atoms with Crippen LogP contribution >= 0.6 is 0 Å². The predicted octanol–water partition coefficient (Wildman–Crippen LogP) is 1.55. The first-order valence-electron chi connectivity index (χ1n) is 6.13. The summed E-state index contributed by atoms with van der Waals surface area (Å²) in [5, 5.41) is 2.83. The maximum atomic E-state index is 11.9. The normalized spacial score (nSPS) is 10.2. The molecule has 5 heteroatoms. The van der Waals surface area contributed by atoms with E-state index in [1.807, 2.05) is 12.1 Å². The van der Waals surface area contributed by atoms with Crippen LogP contribution in [0.4, 0.5) is 5.82 Å². The maximum Gasteiger partial charge on any atom is 0.253 e. The predicted molar refractivity (Wildman–Crippen MR) is 73.4 cm³/mol. The Bertz CT molecular complexity index is 566. The quantitative estimate of drug-likeness (QED) is 0.869. The van der Waals surface area contributed by atoms with Crippen LogP contribution in [0.25, 0.3) is 0 Å². The number of nitrogens with two attached hydrogens (primary N) is 1. The van der Waals surface area contributed by atoms with E-state index >= 15 is 0 Å². The van der Waals surface area contributed by atoms with Gasteiger partial charge in [-0.3, -0.25) is 9.78 Å². The lowest BCUT2D eigenvalue weighted by Gasteiger charge is -2.08. The van der Waals surface area contributed by atoms with Crippen LogP contribution in [0.1, 0.15) is 28.5 Å². The first kappa shape index (κ1) is 13.0. The Kier molecular flexibility index (Phi) is 4.07. The lowest BCUT2D eigenvalue weighted by molar-refractivity contribution is 0.0950. The fourth-order valence-electron chi connectivity index (χ4n) is 1.76. The summed E-state index contributed by atoms with van der Waals surface area (Å²) in [6.45, 7) is 2.47. The molecule has 2 rings (SSSR count). The number of rotatable bonds is 4. The molecule has 19 heavy (non-hydrogen) atoms. The summed E-state index contributed by atoms with van der Waals surface area (Å²) in [6, 6.07) is 7.16. The van der Waals surface area contributed by atoms with E-state index in [4.69, 9.17) is 5.73 Å². The van der Waals surface area contributed by atoms with Gasteiger partial charge in [-0.15, -0.1) is 0 Å². The number of nitrogen functional groups attached to an aromatic ring is 1. The van der Waals surface area contributed by atoms with Crippen LogP contribution in [0.5, 0.6) is 0 Å².